The van der Waals surface area contributed by atoms with Crippen molar-refractivity contribution in [2.45, 2.75) is 62.2 Å². The number of carbonyl (C=O) groups excluding carboxylic acids is 1. The zero-order valence-corrected chi connectivity index (χ0v) is 23.5. The molecule has 179 valence electrons. The van der Waals surface area contributed by atoms with Crippen LogP contribution in [0, 0.1) is 0 Å². The molecule has 0 heterocycles. The Bertz CT molecular complexity index is 1160. The van der Waals surface area contributed by atoms with Crippen LogP contribution in [-0.4, -0.2) is 49.5 Å². The molecule has 2 rings (SSSR count). The van der Waals surface area contributed by atoms with Gasteiger partial charge in [-0.3, -0.25) is 0 Å². The van der Waals surface area contributed by atoms with Crippen LogP contribution < -0.4 is 0 Å². The Kier molecular flexibility index (Phi) is 8.44. The van der Waals surface area contributed by atoms with E-state index < -0.39 is 33.2 Å². The van der Waals surface area contributed by atoms with Crippen LogP contribution in [0.1, 0.15) is 63.0 Å². The summed E-state index contributed by atoms with van der Waals surface area (Å²) in [7, 11) is -4.02. The van der Waals surface area contributed by atoms with Crippen molar-refractivity contribution in [3.63, 3.8) is 0 Å². The topological polar surface area (TPSA) is 109 Å². The number of hydrogen-bond donors (Lipinski definition) is 2. The van der Waals surface area contributed by atoms with E-state index in [1.807, 2.05) is 53.7 Å². The Morgan fingerprint density at radius 1 is 1.00 bits per heavy atom. The summed E-state index contributed by atoms with van der Waals surface area (Å²) in [5.74, 6) is -1.11. The Morgan fingerprint density at radius 3 is 1.97 bits per heavy atom. The van der Waals surface area contributed by atoms with E-state index >= 15 is 0 Å². The number of carbonyl (C=O) groups is 2. The molecule has 1 radical (unpaired) electrons. The average Bonchev–Trinajstić information content (AvgIpc) is 2.64. The van der Waals surface area contributed by atoms with E-state index in [1.165, 1.54) is 23.9 Å². The second kappa shape index (κ2) is 10.0. The van der Waals surface area contributed by atoms with Gasteiger partial charge < -0.3 is 0 Å². The van der Waals surface area contributed by atoms with Gasteiger partial charge in [-0.2, -0.15) is 0 Å². The van der Waals surface area contributed by atoms with Crippen molar-refractivity contribution in [2.24, 2.45) is 0 Å². The third kappa shape index (κ3) is 7.01. The molecule has 2 N–H and O–H groups in total. The molecule has 6 nitrogen and oxygen atoms in total. The summed E-state index contributed by atoms with van der Waals surface area (Å²) in [6.07, 6.45) is 0. The molecule has 0 aliphatic carbocycles. The predicted octanol–water partition coefficient (Wildman–Crippen LogP) is 5.05. The Morgan fingerprint density at radius 2 is 1.52 bits per heavy atom. The maximum absolute atomic E-state index is 12.8. The molecule has 0 atom stereocenters. The maximum atomic E-state index is 12.8. The Balaban J connectivity index is 2.28. The minimum atomic E-state index is -4.02. The van der Waals surface area contributed by atoms with Gasteiger partial charge in [-0.15, -0.1) is 0 Å². The Labute approximate surface area is 209 Å². The number of hydrogen-bond acceptors (Lipinski definition) is 6. The van der Waals surface area contributed by atoms with Crippen LogP contribution in [0.4, 0.5) is 0 Å². The molecule has 0 fully saturated rings. The number of phenols is 1. The van der Waals surface area contributed by atoms with Crippen molar-refractivity contribution >= 4 is 56.6 Å². The van der Waals surface area contributed by atoms with E-state index in [4.69, 9.17) is 16.7 Å². The molecule has 0 amide bonds. The van der Waals surface area contributed by atoms with Crippen molar-refractivity contribution in [1.29, 1.82) is 0 Å². The zero-order valence-electron chi connectivity index (χ0n) is 19.3. The molecule has 2 aromatic carbocycles. The number of carboxylic acids is 1. The second-order valence-corrected chi connectivity index (χ2v) is 17.8. The minimum absolute atomic E-state index is 0.0621. The van der Waals surface area contributed by atoms with Crippen LogP contribution in [0.25, 0.3) is 0 Å². The first kappa shape index (κ1) is 27.8. The summed E-state index contributed by atoms with van der Waals surface area (Å²) < 4.78 is 25.1. The number of carboxylic acid groups (broad SMARTS) is 1. The van der Waals surface area contributed by atoms with E-state index in [0.717, 1.165) is 22.1 Å². The first-order valence-corrected chi connectivity index (χ1v) is 16.0. The predicted molar refractivity (Wildman–Crippen MR) is 133 cm³/mol. The van der Waals surface area contributed by atoms with Gasteiger partial charge in [0.05, 0.1) is 0 Å². The monoisotopic (exact) mass is 573 g/mol. The number of phenolic OH excluding ortho intramolecular Hbond substituents is 1. The van der Waals surface area contributed by atoms with Crippen LogP contribution in [0.15, 0.2) is 40.1 Å². The molecule has 0 aliphatic heterocycles. The van der Waals surface area contributed by atoms with Gasteiger partial charge in [-0.1, -0.05) is 0 Å². The first-order valence-electron chi connectivity index (χ1n) is 9.98. The standard InChI is InChI=1S/C23H27AsClO6S2/c1-22(2,3)15-10-14(11-16(20(15)27)23(4,5)6)32-12-19(26)24-33(30,31)18-9-13(21(28)29)7-8-17(18)25/h7-11,27H,12H2,1-6H3,(H,28,29). The summed E-state index contributed by atoms with van der Waals surface area (Å²) in [5.41, 5.74) is 0.637. The normalized spacial score (nSPS) is 12.9. The number of rotatable bonds is 7. The van der Waals surface area contributed by atoms with E-state index in [1.54, 1.807) is 0 Å². The summed E-state index contributed by atoms with van der Waals surface area (Å²) in [4.78, 5) is 24.2. The van der Waals surface area contributed by atoms with E-state index in [-0.39, 0.29) is 37.8 Å². The van der Waals surface area contributed by atoms with Crippen molar-refractivity contribution in [1.82, 2.24) is 0 Å². The van der Waals surface area contributed by atoms with Gasteiger partial charge in [0, 0.05) is 0 Å². The number of aromatic carboxylic acids is 1. The second-order valence-electron chi connectivity index (χ2n) is 9.57. The fourth-order valence-electron chi connectivity index (χ4n) is 3.02. The van der Waals surface area contributed by atoms with Gasteiger partial charge in [-0.25, -0.2) is 0 Å². The van der Waals surface area contributed by atoms with E-state index in [2.05, 4.69) is 0 Å². The van der Waals surface area contributed by atoms with Crippen molar-refractivity contribution in [2.75, 3.05) is 5.75 Å². The molecule has 2 aromatic rings. The summed E-state index contributed by atoms with van der Waals surface area (Å²) in [6, 6.07) is 7.07. The number of benzene rings is 2. The molecular formula is C23H27AsClO6S2. The third-order valence-electron chi connectivity index (χ3n) is 4.74. The van der Waals surface area contributed by atoms with Crippen molar-refractivity contribution in [3.8, 4) is 5.75 Å². The fourth-order valence-corrected chi connectivity index (χ4v) is 10.3. The van der Waals surface area contributed by atoms with E-state index in [9.17, 15) is 23.1 Å². The number of thioether (sulfide) groups is 1. The summed E-state index contributed by atoms with van der Waals surface area (Å²) in [5, 5.41) is 19.8. The van der Waals surface area contributed by atoms with Crippen molar-refractivity contribution in [3.05, 3.63) is 52.0 Å². The molecule has 0 saturated carbocycles. The molecule has 0 aromatic heterocycles. The molecule has 33 heavy (non-hydrogen) atoms. The molecule has 0 bridgehead atoms. The fraction of sp³-hybridized carbons (Fsp3) is 0.391. The molecular weight excluding hydrogens is 547 g/mol. The van der Waals surface area contributed by atoms with Crippen LogP contribution in [0.3, 0.4) is 0 Å². The zero-order chi connectivity index (χ0) is 25.4. The summed E-state index contributed by atoms with van der Waals surface area (Å²) >= 11 is 5.38. The van der Waals surface area contributed by atoms with Gasteiger partial charge in [-0.05, 0) is 0 Å². The van der Waals surface area contributed by atoms with E-state index in [0.29, 0.717) is 0 Å². The van der Waals surface area contributed by atoms with Gasteiger partial charge >= 0.3 is 211 Å². The van der Waals surface area contributed by atoms with Gasteiger partial charge in [0.1, 0.15) is 0 Å². The molecule has 0 unspecified atom stereocenters. The van der Waals surface area contributed by atoms with Gasteiger partial charge in [0.25, 0.3) is 0 Å². The summed E-state index contributed by atoms with van der Waals surface area (Å²) in [6.45, 7) is 11.9. The number of halogens is 1. The average molecular weight is 574 g/mol. The molecule has 10 heteroatoms. The molecule has 0 aliphatic rings. The van der Waals surface area contributed by atoms with Gasteiger partial charge in [0.2, 0.25) is 0 Å². The van der Waals surface area contributed by atoms with Crippen LogP contribution >= 0.6 is 23.4 Å². The number of aromatic hydroxyl groups is 1. The quantitative estimate of drug-likeness (QED) is 0.352. The van der Waals surface area contributed by atoms with Gasteiger partial charge in [0.15, 0.2) is 0 Å². The van der Waals surface area contributed by atoms with Crippen LogP contribution in [-0.2, 0) is 23.7 Å². The van der Waals surface area contributed by atoms with Crippen LogP contribution in [0.2, 0.25) is 5.02 Å². The van der Waals surface area contributed by atoms with Crippen molar-refractivity contribution < 1.29 is 28.2 Å². The van der Waals surface area contributed by atoms with Crippen LogP contribution in [0.5, 0.6) is 5.75 Å². The SMILES string of the molecule is CC(C)(C)c1cc(SCC(=O)[As]S(=O)(=O)c2cc(C(=O)O)ccc2Cl)cc(C(C)(C)C)c1O. The molecule has 0 spiro atoms. The Hall–Kier alpha value is -1.47. The molecule has 0 saturated heterocycles. The third-order valence-corrected chi connectivity index (χ3v) is 12.3. The first-order chi connectivity index (χ1) is 14.9.